The van der Waals surface area contributed by atoms with Crippen molar-refractivity contribution in [3.05, 3.63) is 18.2 Å². The van der Waals surface area contributed by atoms with Crippen molar-refractivity contribution in [1.82, 2.24) is 10.2 Å². The van der Waals surface area contributed by atoms with Crippen LogP contribution in [0.5, 0.6) is 11.5 Å². The van der Waals surface area contributed by atoms with Crippen LogP contribution in [0.15, 0.2) is 23.2 Å². The summed E-state index contributed by atoms with van der Waals surface area (Å²) in [5, 5.41) is 6.31. The molecule has 154 valence electrons. The minimum absolute atomic E-state index is 0. The van der Waals surface area contributed by atoms with E-state index in [0.717, 1.165) is 12.1 Å². The molecule has 0 aromatic heterocycles. The van der Waals surface area contributed by atoms with Crippen molar-refractivity contribution in [2.75, 3.05) is 52.8 Å². The van der Waals surface area contributed by atoms with E-state index in [9.17, 15) is 13.2 Å². The summed E-state index contributed by atoms with van der Waals surface area (Å²) in [5.74, 6) is 1.91. The van der Waals surface area contributed by atoms with Crippen LogP contribution >= 0.6 is 24.0 Å². The predicted octanol–water partition coefficient (Wildman–Crippen LogP) is 3.19. The molecule has 2 rings (SSSR count). The van der Waals surface area contributed by atoms with Gasteiger partial charge in [0.25, 0.3) is 0 Å². The Morgan fingerprint density at radius 3 is 2.56 bits per heavy atom. The number of methoxy groups -OCH3 is 2. The van der Waals surface area contributed by atoms with Crippen molar-refractivity contribution < 1.29 is 22.6 Å². The van der Waals surface area contributed by atoms with Gasteiger partial charge in [0.05, 0.1) is 20.8 Å². The summed E-state index contributed by atoms with van der Waals surface area (Å²) >= 11 is 0. The van der Waals surface area contributed by atoms with E-state index in [1.165, 1.54) is 4.90 Å². The number of nitrogens with one attached hydrogen (secondary N) is 2. The highest BCUT2D eigenvalue weighted by molar-refractivity contribution is 14.0. The molecule has 1 aromatic carbocycles. The second-order valence-electron chi connectivity index (χ2n) is 6.15. The largest absolute Gasteiger partial charge is 0.493 e. The maximum absolute atomic E-state index is 12.5. The van der Waals surface area contributed by atoms with E-state index in [4.69, 9.17) is 9.47 Å². The van der Waals surface area contributed by atoms with Crippen LogP contribution in [0.3, 0.4) is 0 Å². The monoisotopic (exact) mass is 502 g/mol. The van der Waals surface area contributed by atoms with Crippen LogP contribution in [0.1, 0.15) is 6.42 Å². The Labute approximate surface area is 174 Å². The van der Waals surface area contributed by atoms with E-state index in [1.54, 1.807) is 33.4 Å². The zero-order valence-corrected chi connectivity index (χ0v) is 17.9. The zero-order chi connectivity index (χ0) is 19.2. The number of guanidine groups is 1. The lowest BCUT2D eigenvalue weighted by Gasteiger charge is -2.19. The van der Waals surface area contributed by atoms with Gasteiger partial charge in [0.1, 0.15) is 0 Å². The summed E-state index contributed by atoms with van der Waals surface area (Å²) < 4.78 is 47.8. The fourth-order valence-corrected chi connectivity index (χ4v) is 2.95. The van der Waals surface area contributed by atoms with Gasteiger partial charge in [-0.25, -0.2) is 0 Å². The Morgan fingerprint density at radius 2 is 1.96 bits per heavy atom. The minimum Gasteiger partial charge on any atom is -0.493 e. The van der Waals surface area contributed by atoms with Crippen molar-refractivity contribution in [2.45, 2.75) is 12.6 Å². The average Bonchev–Trinajstić information content (AvgIpc) is 3.03. The molecule has 1 saturated heterocycles. The second-order valence-corrected chi connectivity index (χ2v) is 6.15. The molecule has 10 heteroatoms. The molecule has 1 fully saturated rings. The van der Waals surface area contributed by atoms with E-state index >= 15 is 0 Å². The van der Waals surface area contributed by atoms with Crippen LogP contribution in [0.4, 0.5) is 18.9 Å². The van der Waals surface area contributed by atoms with Crippen LogP contribution in [-0.4, -0.2) is 64.5 Å². The molecule has 27 heavy (non-hydrogen) atoms. The van der Waals surface area contributed by atoms with E-state index < -0.39 is 12.7 Å². The zero-order valence-electron chi connectivity index (χ0n) is 15.6. The van der Waals surface area contributed by atoms with Crippen molar-refractivity contribution >= 4 is 35.6 Å². The molecule has 0 bridgehead atoms. The third-order valence-electron chi connectivity index (χ3n) is 4.20. The van der Waals surface area contributed by atoms with Gasteiger partial charge in [-0.05, 0) is 31.0 Å². The van der Waals surface area contributed by atoms with Crippen molar-refractivity contribution in [3.8, 4) is 11.5 Å². The van der Waals surface area contributed by atoms with Gasteiger partial charge >= 0.3 is 6.18 Å². The molecule has 1 aliphatic rings. The Balaban J connectivity index is 0.00000364. The van der Waals surface area contributed by atoms with Crippen LogP contribution in [0.25, 0.3) is 0 Å². The Morgan fingerprint density at radius 1 is 1.26 bits per heavy atom. The number of benzene rings is 1. The van der Waals surface area contributed by atoms with Crippen LogP contribution < -0.4 is 20.1 Å². The molecule has 0 aliphatic carbocycles. The van der Waals surface area contributed by atoms with E-state index in [1.807, 2.05) is 6.07 Å². The Bertz CT molecular complexity index is 629. The first-order valence-corrected chi connectivity index (χ1v) is 8.33. The summed E-state index contributed by atoms with van der Waals surface area (Å²) in [6.45, 7) is 0.608. The van der Waals surface area contributed by atoms with Gasteiger partial charge in [-0.15, -0.1) is 24.0 Å². The first-order chi connectivity index (χ1) is 12.3. The number of aliphatic imine (C=N–C) groups is 1. The summed E-state index contributed by atoms with van der Waals surface area (Å²) in [6, 6.07) is 5.39. The topological polar surface area (TPSA) is 58.1 Å². The number of hydrogen-bond donors (Lipinski definition) is 2. The smallest absolute Gasteiger partial charge is 0.401 e. The van der Waals surface area contributed by atoms with E-state index in [-0.39, 0.29) is 29.9 Å². The summed E-state index contributed by atoms with van der Waals surface area (Å²) in [4.78, 5) is 5.59. The van der Waals surface area contributed by atoms with E-state index in [2.05, 4.69) is 15.6 Å². The molecule has 1 unspecified atom stereocenters. The number of likely N-dealkylation sites (tertiary alicyclic amines) is 1. The predicted molar refractivity (Wildman–Crippen MR) is 111 cm³/mol. The minimum atomic E-state index is -4.15. The highest BCUT2D eigenvalue weighted by atomic mass is 127. The summed E-state index contributed by atoms with van der Waals surface area (Å²) in [7, 11) is 4.76. The number of ether oxygens (including phenoxy) is 2. The highest BCUT2D eigenvalue weighted by Gasteiger charge is 2.34. The van der Waals surface area contributed by atoms with Crippen LogP contribution in [0.2, 0.25) is 0 Å². The van der Waals surface area contributed by atoms with Crippen molar-refractivity contribution in [2.24, 2.45) is 10.9 Å². The molecule has 0 amide bonds. The van der Waals surface area contributed by atoms with E-state index in [0.29, 0.717) is 37.1 Å². The van der Waals surface area contributed by atoms with Gasteiger partial charge in [0.2, 0.25) is 0 Å². The van der Waals surface area contributed by atoms with Gasteiger partial charge in [-0.2, -0.15) is 13.2 Å². The first-order valence-electron chi connectivity index (χ1n) is 8.33. The van der Waals surface area contributed by atoms with Gasteiger partial charge in [-0.3, -0.25) is 9.89 Å². The molecule has 6 nitrogen and oxygen atoms in total. The average molecular weight is 502 g/mol. The Hall–Kier alpha value is -1.43. The quantitative estimate of drug-likeness (QED) is 0.356. The molecule has 0 saturated carbocycles. The number of anilines is 1. The lowest BCUT2D eigenvalue weighted by atomic mass is 10.1. The molecular formula is C17H26F3IN4O2. The molecular weight excluding hydrogens is 476 g/mol. The first kappa shape index (κ1) is 23.6. The summed E-state index contributed by atoms with van der Waals surface area (Å²) in [5.41, 5.74) is 0.765. The molecule has 0 spiro atoms. The normalized spacial score (nSPS) is 18.0. The van der Waals surface area contributed by atoms with Crippen LogP contribution in [0, 0.1) is 5.92 Å². The third kappa shape index (κ3) is 7.60. The lowest BCUT2D eigenvalue weighted by molar-refractivity contribution is -0.143. The third-order valence-corrected chi connectivity index (χ3v) is 4.20. The molecule has 1 atom stereocenters. The number of halogens is 4. The lowest BCUT2D eigenvalue weighted by Crippen LogP contribution is -2.37. The van der Waals surface area contributed by atoms with Gasteiger partial charge in [0.15, 0.2) is 17.5 Å². The van der Waals surface area contributed by atoms with Gasteiger partial charge in [0, 0.05) is 31.9 Å². The number of hydrogen-bond acceptors (Lipinski definition) is 4. The molecule has 1 heterocycles. The second kappa shape index (κ2) is 10.8. The summed E-state index contributed by atoms with van der Waals surface area (Å²) in [6.07, 6.45) is -3.41. The molecule has 1 aromatic rings. The Kier molecular flexibility index (Phi) is 9.43. The highest BCUT2D eigenvalue weighted by Crippen LogP contribution is 2.29. The van der Waals surface area contributed by atoms with Crippen molar-refractivity contribution in [3.63, 3.8) is 0 Å². The molecule has 0 radical (unpaired) electrons. The number of alkyl halides is 3. The molecule has 2 N–H and O–H groups in total. The SMILES string of the molecule is CN=C(NCC1CCN(CC(F)(F)F)C1)Nc1ccc(OC)c(OC)c1.I. The number of nitrogens with zero attached hydrogens (tertiary/aromatic N) is 2. The van der Waals surface area contributed by atoms with Gasteiger partial charge < -0.3 is 20.1 Å². The maximum atomic E-state index is 12.5. The fraction of sp³-hybridized carbons (Fsp3) is 0.588. The number of rotatable bonds is 6. The standard InChI is InChI=1S/C17H25F3N4O2.HI/c1-21-16(23-13-4-5-14(25-2)15(8-13)26-3)22-9-12-6-7-24(10-12)11-17(18,19)20;/h4-5,8,12H,6-7,9-11H2,1-3H3,(H2,21,22,23);1H. The molecule has 1 aliphatic heterocycles. The van der Waals surface area contributed by atoms with Crippen molar-refractivity contribution in [1.29, 1.82) is 0 Å². The van der Waals surface area contributed by atoms with Crippen LogP contribution in [-0.2, 0) is 0 Å². The maximum Gasteiger partial charge on any atom is 0.401 e. The van der Waals surface area contributed by atoms with Gasteiger partial charge in [-0.1, -0.05) is 0 Å². The fourth-order valence-electron chi connectivity index (χ4n) is 2.95.